The predicted octanol–water partition coefficient (Wildman–Crippen LogP) is 10.3. The maximum Gasteiger partial charge on any atom is 0.307 e. The molecule has 0 aliphatic heterocycles. The number of unbranched alkanes of at least 4 members (excludes halogenated alkanes) is 25. The van der Waals surface area contributed by atoms with Gasteiger partial charge in [0.25, 0.3) is 0 Å². The van der Waals surface area contributed by atoms with Crippen LogP contribution in [0.3, 0.4) is 0 Å². The van der Waals surface area contributed by atoms with Gasteiger partial charge in [0.15, 0.2) is 11.9 Å². The van der Waals surface area contributed by atoms with Crippen molar-refractivity contribution in [1.82, 2.24) is 20.9 Å². The Bertz CT molecular complexity index is 1700. The molecule has 0 aromatic rings. The van der Waals surface area contributed by atoms with Crippen LogP contribution in [0, 0.1) is 0 Å². The number of allylic oxidation sites excluding steroid dienone is 4. The van der Waals surface area contributed by atoms with Gasteiger partial charge in [0, 0.05) is 57.3 Å². The van der Waals surface area contributed by atoms with E-state index in [1.807, 2.05) is 0 Å². The lowest BCUT2D eigenvalue weighted by Gasteiger charge is -2.21. The minimum atomic E-state index is -0.862. The molecule has 0 radical (unpaired) electrons. The van der Waals surface area contributed by atoms with E-state index in [9.17, 15) is 24.0 Å². The van der Waals surface area contributed by atoms with Gasteiger partial charge in [-0.15, -0.1) is 0 Å². The largest absolute Gasteiger partial charge is 0.466 e. The lowest BCUT2D eigenvalue weighted by Crippen LogP contribution is -2.52. The molecule has 3 atom stereocenters. The third kappa shape index (κ3) is 57.5. The van der Waals surface area contributed by atoms with Crippen molar-refractivity contribution in [3.8, 4) is 0 Å². The van der Waals surface area contributed by atoms with Gasteiger partial charge >= 0.3 is 11.9 Å². The summed E-state index contributed by atoms with van der Waals surface area (Å²) in [6, 6.07) is -2.40. The molecule has 0 aliphatic rings. The van der Waals surface area contributed by atoms with Gasteiger partial charge in [-0.1, -0.05) is 175 Å². The van der Waals surface area contributed by atoms with Gasteiger partial charge in [-0.3, -0.25) is 34.0 Å². The number of nitrogens with zero attached hydrogens (tertiary/aromatic N) is 3. The number of nitrogens with one attached hydrogen (secondary N) is 3. The van der Waals surface area contributed by atoms with E-state index in [0.717, 1.165) is 57.1 Å². The molecule has 3 amide bonds. The molecule has 0 fully saturated rings. The van der Waals surface area contributed by atoms with Crippen molar-refractivity contribution in [3.05, 3.63) is 24.3 Å². The second kappa shape index (κ2) is 61.6. The Labute approximate surface area is 523 Å². The van der Waals surface area contributed by atoms with Crippen LogP contribution in [-0.2, 0) is 33.4 Å². The van der Waals surface area contributed by atoms with Crippen molar-refractivity contribution < 1.29 is 33.4 Å². The van der Waals surface area contributed by atoms with Crippen molar-refractivity contribution in [3.63, 3.8) is 0 Å². The first-order valence-electron chi connectivity index (χ1n) is 33.4. The summed E-state index contributed by atoms with van der Waals surface area (Å²) in [5.41, 5.74) is 33.8. The minimum absolute atomic E-state index is 0.0116. The second-order valence-electron chi connectivity index (χ2n) is 22.6. The molecule has 0 heterocycles. The van der Waals surface area contributed by atoms with Crippen LogP contribution in [0.4, 0.5) is 0 Å². The molecule has 0 aliphatic carbocycles. The number of nitrogens with two attached hydrogens (primary N) is 6. The maximum absolute atomic E-state index is 13.5. The zero-order valence-corrected chi connectivity index (χ0v) is 55.1. The van der Waals surface area contributed by atoms with E-state index in [4.69, 9.17) is 43.9 Å². The summed E-state index contributed by atoms with van der Waals surface area (Å²) in [5.74, 6) is -0.241. The molecular weight excluding hydrogens is 1110 g/mol. The molecule has 15 N–H and O–H groups in total. The van der Waals surface area contributed by atoms with E-state index in [1.165, 1.54) is 128 Å². The lowest BCUT2D eigenvalue weighted by molar-refractivity contribution is -0.144. The molecule has 0 aromatic carbocycles. The molecule has 85 heavy (non-hydrogen) atoms. The zero-order valence-electron chi connectivity index (χ0n) is 53.5. The summed E-state index contributed by atoms with van der Waals surface area (Å²) >= 11 is 0. The molecule has 0 saturated carbocycles. The van der Waals surface area contributed by atoms with Gasteiger partial charge in [0.05, 0.1) is 38.1 Å². The van der Waals surface area contributed by atoms with E-state index in [-0.39, 0.29) is 48.5 Å². The maximum atomic E-state index is 13.5. The third-order valence-corrected chi connectivity index (χ3v) is 17.0. The van der Waals surface area contributed by atoms with Crippen LogP contribution in [0.2, 0.25) is 0 Å². The van der Waals surface area contributed by atoms with Crippen LogP contribution in [0.5, 0.6) is 0 Å². The Morgan fingerprint density at radius 3 is 1.29 bits per heavy atom. The van der Waals surface area contributed by atoms with Crippen molar-refractivity contribution in [2.24, 2.45) is 44.4 Å². The highest BCUT2D eigenvalue weighted by Crippen LogP contribution is 2.21. The Morgan fingerprint density at radius 1 is 0.447 bits per heavy atom. The summed E-state index contributed by atoms with van der Waals surface area (Å²) in [6.07, 6.45) is 47.3. The molecule has 0 saturated heterocycles. The number of hydrogen-bond donors (Lipinski definition) is 9. The summed E-state index contributed by atoms with van der Waals surface area (Å²) in [4.78, 5) is 74.8. The van der Waals surface area contributed by atoms with Crippen molar-refractivity contribution in [1.29, 1.82) is 0 Å². The molecule has 3 unspecified atom stereocenters. The van der Waals surface area contributed by atoms with Gasteiger partial charge < -0.3 is 64.7 Å². The Morgan fingerprint density at radius 2 is 0.847 bits per heavy atom. The highest BCUT2D eigenvalue weighted by molar-refractivity contribution is 8.76. The van der Waals surface area contributed by atoms with Crippen LogP contribution >= 0.6 is 21.6 Å². The first-order valence-corrected chi connectivity index (χ1v) is 35.8. The van der Waals surface area contributed by atoms with Gasteiger partial charge in [-0.2, -0.15) is 0 Å². The van der Waals surface area contributed by atoms with E-state index in [0.29, 0.717) is 110 Å². The van der Waals surface area contributed by atoms with Gasteiger partial charge in [-0.05, 0) is 109 Å². The summed E-state index contributed by atoms with van der Waals surface area (Å²) in [5, 5.41) is 8.62. The fourth-order valence-corrected chi connectivity index (χ4v) is 11.3. The fraction of sp³-hybridized carbons (Fsp3) is 0.828. The summed E-state index contributed by atoms with van der Waals surface area (Å²) in [6.45, 7) is 8.40. The quantitative estimate of drug-likeness (QED) is 0.00683. The Hall–Kier alpha value is -4.05. The van der Waals surface area contributed by atoms with Crippen LogP contribution in [-0.4, -0.2) is 135 Å². The molecule has 0 bridgehead atoms. The highest BCUT2D eigenvalue weighted by atomic mass is 33.1. The monoisotopic (exact) mass is 1240 g/mol. The first kappa shape index (κ1) is 81.0. The first-order chi connectivity index (χ1) is 41.3. The number of guanidine groups is 2. The average Bonchev–Trinajstić information content (AvgIpc) is 3.55. The van der Waals surface area contributed by atoms with Crippen molar-refractivity contribution in [2.75, 3.05) is 70.5 Å². The fourth-order valence-electron chi connectivity index (χ4n) is 9.34. The van der Waals surface area contributed by atoms with Crippen molar-refractivity contribution >= 4 is 63.2 Å². The van der Waals surface area contributed by atoms with Crippen LogP contribution in [0.25, 0.3) is 0 Å². The predicted molar refractivity (Wildman–Crippen MR) is 359 cm³/mol. The van der Waals surface area contributed by atoms with Gasteiger partial charge in [0.1, 0.15) is 6.04 Å². The molecule has 0 spiro atoms. The van der Waals surface area contributed by atoms with Crippen LogP contribution in [0.1, 0.15) is 251 Å². The number of carbonyl (C=O) groups excluding carboxylic acids is 5. The topological polar surface area (TPSA) is 324 Å². The van der Waals surface area contributed by atoms with E-state index < -0.39 is 24.0 Å². The molecule has 21 heteroatoms. The number of amides is 3. The Kier molecular flexibility index (Phi) is 58.7. The second-order valence-corrected chi connectivity index (χ2v) is 25.3. The highest BCUT2D eigenvalue weighted by Gasteiger charge is 2.24. The number of rotatable bonds is 62. The molecule has 494 valence electrons. The third-order valence-electron chi connectivity index (χ3n) is 14.6. The smallest absolute Gasteiger partial charge is 0.307 e. The normalized spacial score (nSPS) is 12.5. The van der Waals surface area contributed by atoms with E-state index >= 15 is 0 Å². The lowest BCUT2D eigenvalue weighted by atomic mass is 10.1. The molecule has 0 rings (SSSR count). The minimum Gasteiger partial charge on any atom is -0.466 e. The van der Waals surface area contributed by atoms with Gasteiger partial charge in [-0.25, -0.2) is 0 Å². The Balaban J connectivity index is 5.04. The average molecular weight is 1240 g/mol. The molecule has 0 aromatic heterocycles. The summed E-state index contributed by atoms with van der Waals surface area (Å²) in [7, 11) is 3.25. The standard InChI is InChI=1S/C64H124N12O7S2/c1-3-5-7-9-11-13-15-17-19-21-23-25-27-29-31-35-51-82-58(77)42-48-76(49-43-59(78)83-52-36-32-30-28-26-24-22-20-18-16-14-12-10-8-6-4-2)50-54-85-84-53-47-72-62(81)57(75-61(80)56(66)40-38-46-74-64(69)70)41-33-34-44-71-60(79)55(65)39-37-45-73-63(67)68/h17-20,55-57H,3-16,21-54,65-66H2,1-2H3,(H,71,79)(H,72,81)(H,75,80)(H4,67,68,73)(H4,69,70,74)/b19-17-,20-18-. The van der Waals surface area contributed by atoms with Crippen molar-refractivity contribution in [2.45, 2.75) is 270 Å². The zero-order chi connectivity index (χ0) is 62.5. The number of esters is 2. The number of carbonyl (C=O) groups is 5. The van der Waals surface area contributed by atoms with E-state index in [1.54, 1.807) is 21.6 Å². The van der Waals surface area contributed by atoms with Crippen LogP contribution in [0.15, 0.2) is 34.3 Å². The van der Waals surface area contributed by atoms with Crippen LogP contribution < -0.4 is 50.4 Å². The molecular formula is C64H124N12O7S2. The SMILES string of the molecule is CCCCCCCC/C=C\CCCCCCCCOC(=O)CCN(CCSSCCNC(=O)C(CCCCNC(=O)C(N)CCCN=C(N)N)NC(=O)C(N)CCCN=C(N)N)CCC(=O)OCCCCCCCC/C=C\CCCCCCCC. The number of ether oxygens (including phenoxy) is 2. The van der Waals surface area contributed by atoms with Gasteiger partial charge in [0.2, 0.25) is 17.7 Å². The summed E-state index contributed by atoms with van der Waals surface area (Å²) < 4.78 is 11.3. The van der Waals surface area contributed by atoms with E-state index in [2.05, 4.69) is 69.0 Å². The number of hydrogen-bond acceptors (Lipinski definition) is 14. The molecule has 19 nitrogen and oxygen atoms in total. The number of aliphatic imine (C=N–C) groups is 2.